The van der Waals surface area contributed by atoms with Crippen molar-refractivity contribution in [2.24, 2.45) is 0 Å². The molecule has 0 radical (unpaired) electrons. The third-order valence-corrected chi connectivity index (χ3v) is 3.13. The fraction of sp³-hybridized carbons (Fsp3) is 0.286. The van der Waals surface area contributed by atoms with Crippen LogP contribution in [0.1, 0.15) is 12.0 Å². The summed E-state index contributed by atoms with van der Waals surface area (Å²) in [5, 5.41) is 19.2. The maximum atomic E-state index is 11.7. The summed E-state index contributed by atoms with van der Waals surface area (Å²) in [6, 6.07) is 6.79. The number of fused-ring (bicyclic) bond motifs is 1. The number of rotatable bonds is 1. The number of aromatic amines is 1. The smallest absolute Gasteiger partial charge is 0.269 e. The Morgan fingerprint density at radius 2 is 1.83 bits per heavy atom. The summed E-state index contributed by atoms with van der Waals surface area (Å²) in [7, 11) is -3.67. The van der Waals surface area contributed by atoms with Gasteiger partial charge in [-0.25, -0.2) is 5.10 Å². The van der Waals surface area contributed by atoms with Crippen LogP contribution in [0.2, 0.25) is 0 Å². The molecule has 8 nitrogen and oxygen atoms in total. The number of nitrogens with zero attached hydrogens (tertiary/aromatic N) is 1. The van der Waals surface area contributed by atoms with Gasteiger partial charge in [-0.3, -0.25) is 9.35 Å². The van der Waals surface area contributed by atoms with Gasteiger partial charge < -0.3 is 10.4 Å². The van der Waals surface area contributed by atoms with Gasteiger partial charge >= 0.3 is 0 Å². The molecule has 124 valence electrons. The van der Waals surface area contributed by atoms with Crippen LogP contribution in [0.15, 0.2) is 29.1 Å². The van der Waals surface area contributed by atoms with Crippen molar-refractivity contribution in [3.8, 4) is 17.0 Å². The maximum Gasteiger partial charge on any atom is 0.269 e. The average molecular weight is 339 g/mol. The topological polar surface area (TPSA) is 132 Å². The Hall–Kier alpha value is -2.39. The Balaban J connectivity index is 0.000000338. The second kappa shape index (κ2) is 6.80. The van der Waals surface area contributed by atoms with E-state index in [2.05, 4.69) is 15.5 Å². The van der Waals surface area contributed by atoms with E-state index in [1.165, 1.54) is 0 Å². The largest absolute Gasteiger partial charge is 0.508 e. The third-order valence-electron chi connectivity index (χ3n) is 3.13. The Morgan fingerprint density at radius 1 is 1.22 bits per heavy atom. The lowest BCUT2D eigenvalue weighted by atomic mass is 10.0. The molecule has 23 heavy (non-hydrogen) atoms. The van der Waals surface area contributed by atoms with E-state index in [1.54, 1.807) is 24.3 Å². The first-order valence-electron chi connectivity index (χ1n) is 6.83. The number of benzene rings is 1. The van der Waals surface area contributed by atoms with Crippen molar-refractivity contribution >= 4 is 15.8 Å². The molecule has 0 amide bonds. The quantitative estimate of drug-likeness (QED) is 0.570. The molecule has 4 N–H and O–H groups in total. The van der Waals surface area contributed by atoms with Gasteiger partial charge in [-0.2, -0.15) is 13.5 Å². The number of phenols is 1. The normalized spacial score (nSPS) is 13.3. The summed E-state index contributed by atoms with van der Waals surface area (Å²) in [5.41, 5.74) is 3.05. The lowest BCUT2D eigenvalue weighted by Crippen LogP contribution is -2.24. The summed E-state index contributed by atoms with van der Waals surface area (Å²) < 4.78 is 25.9. The Morgan fingerprint density at radius 3 is 2.43 bits per heavy atom. The first kappa shape index (κ1) is 17.0. The predicted molar refractivity (Wildman–Crippen MR) is 86.2 cm³/mol. The number of aromatic nitrogens is 2. The molecule has 0 aliphatic carbocycles. The van der Waals surface area contributed by atoms with E-state index in [9.17, 15) is 18.3 Å². The highest BCUT2D eigenvalue weighted by molar-refractivity contribution is 7.85. The molecule has 9 heteroatoms. The monoisotopic (exact) mass is 339 g/mol. The molecule has 2 heterocycles. The molecular formula is C14H17N3O5S. The molecule has 0 bridgehead atoms. The van der Waals surface area contributed by atoms with Crippen LogP contribution in [0.5, 0.6) is 5.75 Å². The van der Waals surface area contributed by atoms with E-state index >= 15 is 0 Å². The molecule has 1 aromatic heterocycles. The van der Waals surface area contributed by atoms with Crippen molar-refractivity contribution in [1.29, 1.82) is 0 Å². The van der Waals surface area contributed by atoms with Gasteiger partial charge in [0.15, 0.2) is 0 Å². The van der Waals surface area contributed by atoms with Gasteiger partial charge in [0.2, 0.25) is 0 Å². The van der Waals surface area contributed by atoms with Gasteiger partial charge in [0.1, 0.15) is 11.4 Å². The first-order valence-corrected chi connectivity index (χ1v) is 8.68. The molecule has 0 saturated carbocycles. The van der Waals surface area contributed by atoms with Crippen LogP contribution in [0.4, 0.5) is 5.69 Å². The van der Waals surface area contributed by atoms with Crippen LogP contribution in [-0.4, -0.2) is 41.1 Å². The van der Waals surface area contributed by atoms with Gasteiger partial charge in [-0.05, 0) is 37.1 Å². The fourth-order valence-corrected chi connectivity index (χ4v) is 2.22. The van der Waals surface area contributed by atoms with E-state index in [1.807, 2.05) is 0 Å². The zero-order chi connectivity index (χ0) is 17.0. The third kappa shape index (κ3) is 4.80. The molecule has 1 aliphatic heterocycles. The van der Waals surface area contributed by atoms with Crippen LogP contribution in [0, 0.1) is 0 Å². The van der Waals surface area contributed by atoms with Crippen molar-refractivity contribution in [3.05, 3.63) is 40.2 Å². The van der Waals surface area contributed by atoms with Gasteiger partial charge in [0.05, 0.1) is 11.9 Å². The van der Waals surface area contributed by atoms with E-state index in [0.717, 1.165) is 41.9 Å². The van der Waals surface area contributed by atoms with Crippen molar-refractivity contribution in [3.63, 3.8) is 0 Å². The van der Waals surface area contributed by atoms with E-state index < -0.39 is 10.1 Å². The lowest BCUT2D eigenvalue weighted by Gasteiger charge is -2.19. The highest BCUT2D eigenvalue weighted by Crippen LogP contribution is 2.30. The van der Waals surface area contributed by atoms with Gasteiger partial charge in [-0.1, -0.05) is 0 Å². The van der Waals surface area contributed by atoms with Crippen molar-refractivity contribution in [2.45, 2.75) is 12.8 Å². The fourth-order valence-electron chi connectivity index (χ4n) is 2.22. The van der Waals surface area contributed by atoms with Crippen molar-refractivity contribution in [1.82, 2.24) is 10.2 Å². The number of hydrogen-bond acceptors (Lipinski definition) is 6. The molecule has 0 spiro atoms. The van der Waals surface area contributed by atoms with E-state index in [0.29, 0.717) is 6.26 Å². The SMILES string of the molecule is CS(=O)(=O)O.O=c1[nH]nc(-c2ccc(O)cc2)c2c1CCCN2. The molecule has 0 saturated heterocycles. The number of hydrogen-bond donors (Lipinski definition) is 4. The Labute approximate surface area is 132 Å². The number of H-pyrrole nitrogens is 1. The van der Waals surface area contributed by atoms with Gasteiger partial charge in [0.25, 0.3) is 15.7 Å². The summed E-state index contributed by atoms with van der Waals surface area (Å²) in [4.78, 5) is 11.7. The second-order valence-electron chi connectivity index (χ2n) is 5.07. The van der Waals surface area contributed by atoms with Crippen LogP contribution < -0.4 is 10.9 Å². The minimum Gasteiger partial charge on any atom is -0.508 e. The maximum absolute atomic E-state index is 11.7. The summed E-state index contributed by atoms with van der Waals surface area (Å²) >= 11 is 0. The van der Waals surface area contributed by atoms with Crippen molar-refractivity contribution in [2.75, 3.05) is 18.1 Å². The lowest BCUT2D eigenvalue weighted by molar-refractivity contribution is 0.475. The molecular weight excluding hydrogens is 322 g/mol. The highest BCUT2D eigenvalue weighted by Gasteiger charge is 2.18. The number of anilines is 1. The second-order valence-corrected chi connectivity index (χ2v) is 6.53. The Kier molecular flexibility index (Phi) is 5.02. The predicted octanol–water partition coefficient (Wildman–Crippen LogP) is 1.00. The zero-order valence-electron chi connectivity index (χ0n) is 12.4. The molecule has 1 aromatic carbocycles. The Bertz CT molecular complexity index is 836. The molecule has 0 fully saturated rings. The zero-order valence-corrected chi connectivity index (χ0v) is 13.2. The standard InChI is InChI=1S/C13H13N3O2.CH4O3S/c17-9-5-3-8(4-6-9)11-12-10(2-1-7-14-12)13(18)16-15-11;1-5(2,3)4/h3-6,14,17H,1-2,7H2,(H,16,18);1H3,(H,2,3,4). The molecule has 2 aromatic rings. The van der Waals surface area contributed by atoms with Crippen LogP contribution in [0.25, 0.3) is 11.3 Å². The summed E-state index contributed by atoms with van der Waals surface area (Å²) in [5.74, 6) is 0.213. The first-order chi connectivity index (χ1) is 10.8. The van der Waals surface area contributed by atoms with Crippen LogP contribution >= 0.6 is 0 Å². The molecule has 0 unspecified atom stereocenters. The van der Waals surface area contributed by atoms with Crippen LogP contribution in [-0.2, 0) is 16.5 Å². The minimum atomic E-state index is -3.67. The highest BCUT2D eigenvalue weighted by atomic mass is 32.2. The van der Waals surface area contributed by atoms with E-state index in [4.69, 9.17) is 4.55 Å². The minimum absolute atomic E-state index is 0.125. The number of phenolic OH excluding ortho intramolecular Hbond substituents is 1. The van der Waals surface area contributed by atoms with E-state index in [-0.39, 0.29) is 11.3 Å². The summed E-state index contributed by atoms with van der Waals surface area (Å²) in [6.07, 6.45) is 2.44. The molecule has 0 atom stereocenters. The number of aromatic hydroxyl groups is 1. The van der Waals surface area contributed by atoms with Gasteiger partial charge in [-0.15, -0.1) is 0 Å². The van der Waals surface area contributed by atoms with Crippen LogP contribution in [0.3, 0.4) is 0 Å². The van der Waals surface area contributed by atoms with Crippen molar-refractivity contribution < 1.29 is 18.1 Å². The summed E-state index contributed by atoms with van der Waals surface area (Å²) in [6.45, 7) is 0.850. The molecule has 1 aliphatic rings. The number of nitrogens with one attached hydrogen (secondary N) is 2. The molecule has 3 rings (SSSR count). The van der Waals surface area contributed by atoms with Gasteiger partial charge in [0, 0.05) is 17.7 Å². The average Bonchev–Trinajstić information content (AvgIpc) is 2.48.